The number of ether oxygens (including phenoxy) is 1. The Bertz CT molecular complexity index is 784. The molecule has 2 aromatic heterocycles. The summed E-state index contributed by atoms with van der Waals surface area (Å²) in [5, 5.41) is 5.51. The molecule has 2 aromatic rings. The first kappa shape index (κ1) is 22.0. The molecule has 0 saturated heterocycles. The van der Waals surface area contributed by atoms with Crippen molar-refractivity contribution in [3.8, 4) is 0 Å². The molecule has 154 valence electrons. The summed E-state index contributed by atoms with van der Waals surface area (Å²) in [5.41, 5.74) is 0.631. The molecule has 0 aromatic carbocycles. The Labute approximate surface area is 170 Å². The van der Waals surface area contributed by atoms with Gasteiger partial charge in [0.2, 0.25) is 0 Å². The Morgan fingerprint density at radius 2 is 1.59 bits per heavy atom. The first-order valence-corrected chi connectivity index (χ1v) is 9.69. The summed E-state index contributed by atoms with van der Waals surface area (Å²) in [6.45, 7) is 2.48. The molecule has 29 heavy (non-hydrogen) atoms. The number of aromatic nitrogens is 2. The molecule has 0 aliphatic heterocycles. The average molecular weight is 398 g/mol. The molecule has 8 heteroatoms. The third kappa shape index (κ3) is 7.69. The predicted molar refractivity (Wildman–Crippen MR) is 107 cm³/mol. The van der Waals surface area contributed by atoms with Gasteiger partial charge < -0.3 is 15.4 Å². The zero-order chi connectivity index (χ0) is 20.9. The molecule has 0 spiro atoms. The normalized spacial score (nSPS) is 11.3. The molecular weight excluding hydrogens is 372 g/mol. The summed E-state index contributed by atoms with van der Waals surface area (Å²) < 4.78 is 5.06. The minimum atomic E-state index is -0.729. The third-order valence-electron chi connectivity index (χ3n) is 4.13. The lowest BCUT2D eigenvalue weighted by Gasteiger charge is -2.17. The summed E-state index contributed by atoms with van der Waals surface area (Å²) in [7, 11) is 0. The van der Waals surface area contributed by atoms with E-state index in [4.69, 9.17) is 4.74 Å². The zero-order valence-corrected chi connectivity index (χ0v) is 16.5. The summed E-state index contributed by atoms with van der Waals surface area (Å²) >= 11 is 0. The van der Waals surface area contributed by atoms with Crippen LogP contribution < -0.4 is 10.6 Å². The first-order valence-electron chi connectivity index (χ1n) is 9.69. The van der Waals surface area contributed by atoms with Gasteiger partial charge in [0, 0.05) is 18.9 Å². The van der Waals surface area contributed by atoms with Gasteiger partial charge >= 0.3 is 5.97 Å². The number of carbonyl (C=O) groups excluding carboxylic acids is 3. The Morgan fingerprint density at radius 3 is 2.17 bits per heavy atom. The van der Waals surface area contributed by atoms with E-state index < -0.39 is 17.9 Å². The maximum atomic E-state index is 12.3. The van der Waals surface area contributed by atoms with Crippen LogP contribution in [0.5, 0.6) is 0 Å². The molecule has 0 bridgehead atoms. The van der Waals surface area contributed by atoms with Gasteiger partial charge in [0.05, 0.1) is 6.61 Å². The molecule has 2 amide bonds. The quantitative estimate of drug-likeness (QED) is 0.443. The molecule has 2 heterocycles. The summed E-state index contributed by atoms with van der Waals surface area (Å²) in [4.78, 5) is 44.3. The van der Waals surface area contributed by atoms with E-state index in [1.54, 1.807) is 49.5 Å². The van der Waals surface area contributed by atoms with E-state index in [1.807, 2.05) is 0 Å². The van der Waals surface area contributed by atoms with Crippen molar-refractivity contribution in [3.63, 3.8) is 0 Å². The monoisotopic (exact) mass is 398 g/mol. The number of amides is 2. The molecule has 1 atom stereocenters. The van der Waals surface area contributed by atoms with Crippen LogP contribution in [0.1, 0.15) is 53.6 Å². The van der Waals surface area contributed by atoms with Gasteiger partial charge in [0.15, 0.2) is 0 Å². The highest BCUT2D eigenvalue weighted by atomic mass is 16.5. The van der Waals surface area contributed by atoms with Crippen LogP contribution in [-0.2, 0) is 9.53 Å². The molecule has 0 aliphatic carbocycles. The number of hydrogen-bond acceptors (Lipinski definition) is 6. The number of esters is 1. The molecule has 0 radical (unpaired) electrons. The Morgan fingerprint density at radius 1 is 0.931 bits per heavy atom. The van der Waals surface area contributed by atoms with Crippen LogP contribution in [0.25, 0.3) is 0 Å². The molecule has 1 unspecified atom stereocenters. The second-order valence-corrected chi connectivity index (χ2v) is 6.31. The molecule has 0 fully saturated rings. The SMILES string of the molecule is CCOC(=O)C(CCCCCNC(=O)c1ccccn1)NC(=O)c1ccccn1. The summed E-state index contributed by atoms with van der Waals surface area (Å²) in [6.07, 6.45) is 5.79. The van der Waals surface area contributed by atoms with E-state index in [9.17, 15) is 14.4 Å². The third-order valence-corrected chi connectivity index (χ3v) is 4.13. The van der Waals surface area contributed by atoms with Crippen LogP contribution in [0.4, 0.5) is 0 Å². The molecule has 2 rings (SSSR count). The van der Waals surface area contributed by atoms with Crippen LogP contribution in [-0.4, -0.2) is 46.9 Å². The van der Waals surface area contributed by atoms with Crippen molar-refractivity contribution in [2.45, 2.75) is 38.6 Å². The molecular formula is C21H26N4O4. The second-order valence-electron chi connectivity index (χ2n) is 6.31. The van der Waals surface area contributed by atoms with Crippen LogP contribution in [0.2, 0.25) is 0 Å². The lowest BCUT2D eigenvalue weighted by molar-refractivity contribution is -0.145. The van der Waals surface area contributed by atoms with Gasteiger partial charge in [-0.15, -0.1) is 0 Å². The highest BCUT2D eigenvalue weighted by Crippen LogP contribution is 2.07. The zero-order valence-electron chi connectivity index (χ0n) is 16.5. The van der Waals surface area contributed by atoms with Crippen LogP contribution in [0.3, 0.4) is 0 Å². The Kier molecular flexibility index (Phi) is 9.28. The van der Waals surface area contributed by atoms with Crippen molar-refractivity contribution in [1.82, 2.24) is 20.6 Å². The van der Waals surface area contributed by atoms with Gasteiger partial charge in [-0.1, -0.05) is 25.0 Å². The van der Waals surface area contributed by atoms with E-state index in [2.05, 4.69) is 20.6 Å². The smallest absolute Gasteiger partial charge is 0.328 e. The second kappa shape index (κ2) is 12.2. The maximum absolute atomic E-state index is 12.3. The summed E-state index contributed by atoms with van der Waals surface area (Å²) in [6, 6.07) is 9.45. The lowest BCUT2D eigenvalue weighted by Crippen LogP contribution is -2.42. The van der Waals surface area contributed by atoms with E-state index >= 15 is 0 Å². The fraction of sp³-hybridized carbons (Fsp3) is 0.381. The topological polar surface area (TPSA) is 110 Å². The summed E-state index contributed by atoms with van der Waals surface area (Å²) in [5.74, 6) is -1.08. The van der Waals surface area contributed by atoms with Gasteiger partial charge in [-0.05, 0) is 44.0 Å². The minimum Gasteiger partial charge on any atom is -0.464 e. The van der Waals surface area contributed by atoms with Gasteiger partial charge in [-0.3, -0.25) is 19.6 Å². The van der Waals surface area contributed by atoms with Crippen molar-refractivity contribution in [1.29, 1.82) is 0 Å². The van der Waals surface area contributed by atoms with Crippen molar-refractivity contribution in [2.75, 3.05) is 13.2 Å². The molecule has 2 N–H and O–H groups in total. The number of pyridine rings is 2. The van der Waals surface area contributed by atoms with Crippen LogP contribution >= 0.6 is 0 Å². The molecule has 0 saturated carbocycles. The number of nitrogens with one attached hydrogen (secondary N) is 2. The van der Waals surface area contributed by atoms with E-state index in [0.717, 1.165) is 12.8 Å². The fourth-order valence-electron chi connectivity index (χ4n) is 2.66. The highest BCUT2D eigenvalue weighted by molar-refractivity contribution is 5.95. The molecule has 0 aliphatic rings. The Hall–Kier alpha value is -3.29. The van der Waals surface area contributed by atoms with Gasteiger partial charge in [-0.25, -0.2) is 4.79 Å². The lowest BCUT2D eigenvalue weighted by atomic mass is 10.1. The molecule has 8 nitrogen and oxygen atoms in total. The first-order chi connectivity index (χ1) is 14.1. The highest BCUT2D eigenvalue weighted by Gasteiger charge is 2.22. The predicted octanol–water partition coefficient (Wildman–Crippen LogP) is 2.13. The van der Waals surface area contributed by atoms with Crippen LogP contribution in [0.15, 0.2) is 48.8 Å². The van der Waals surface area contributed by atoms with E-state index in [0.29, 0.717) is 25.1 Å². The van der Waals surface area contributed by atoms with E-state index in [1.165, 1.54) is 6.20 Å². The maximum Gasteiger partial charge on any atom is 0.328 e. The minimum absolute atomic E-state index is 0.211. The number of rotatable bonds is 11. The van der Waals surface area contributed by atoms with Crippen molar-refractivity contribution < 1.29 is 19.1 Å². The van der Waals surface area contributed by atoms with Crippen molar-refractivity contribution in [2.24, 2.45) is 0 Å². The van der Waals surface area contributed by atoms with Crippen molar-refractivity contribution in [3.05, 3.63) is 60.2 Å². The largest absolute Gasteiger partial charge is 0.464 e. The number of nitrogens with zero attached hydrogens (tertiary/aromatic N) is 2. The standard InChI is InChI=1S/C21H26N4O4/c1-2-29-21(28)18(25-20(27)17-11-6-9-14-23-17)12-4-3-7-15-24-19(26)16-10-5-8-13-22-16/h5-6,8-11,13-14,18H,2-4,7,12,15H2,1H3,(H,24,26)(H,25,27). The number of unbranched alkanes of at least 4 members (excludes halogenated alkanes) is 2. The Balaban J connectivity index is 1.74. The van der Waals surface area contributed by atoms with Crippen LogP contribution in [0, 0.1) is 0 Å². The van der Waals surface area contributed by atoms with Gasteiger partial charge in [-0.2, -0.15) is 0 Å². The van der Waals surface area contributed by atoms with Gasteiger partial charge in [0.25, 0.3) is 11.8 Å². The van der Waals surface area contributed by atoms with E-state index in [-0.39, 0.29) is 18.2 Å². The van der Waals surface area contributed by atoms with Crippen molar-refractivity contribution >= 4 is 17.8 Å². The average Bonchev–Trinajstić information content (AvgIpc) is 2.76. The number of carbonyl (C=O) groups is 3. The number of hydrogen-bond donors (Lipinski definition) is 2. The fourth-order valence-corrected chi connectivity index (χ4v) is 2.66. The van der Waals surface area contributed by atoms with Gasteiger partial charge in [0.1, 0.15) is 17.4 Å².